The zero-order valence-electron chi connectivity index (χ0n) is 11.3. The molecule has 0 aromatic rings. The zero-order chi connectivity index (χ0) is 14.7. The topological polar surface area (TPSA) is 52.6 Å². The van der Waals surface area contributed by atoms with Crippen LogP contribution in [0, 0.1) is 0 Å². The lowest BCUT2D eigenvalue weighted by Crippen LogP contribution is -2.46. The fourth-order valence-corrected chi connectivity index (χ4v) is 2.48. The number of alkyl halides is 3. The fraction of sp³-hybridized carbons (Fsp3) is 0.917. The van der Waals surface area contributed by atoms with E-state index in [1.165, 1.54) is 0 Å². The van der Waals surface area contributed by atoms with E-state index in [1.54, 1.807) is 13.8 Å². The molecule has 0 bridgehead atoms. The van der Waals surface area contributed by atoms with Gasteiger partial charge < -0.3 is 10.4 Å². The summed E-state index contributed by atoms with van der Waals surface area (Å²) in [5.74, 6) is -1.90. The summed E-state index contributed by atoms with van der Waals surface area (Å²) in [7, 11) is 0. The van der Waals surface area contributed by atoms with Crippen LogP contribution in [0.3, 0.4) is 0 Å². The standard InChI is InChI=1S/C12H21F3N2O2/c1-11(2,19)9-5-3-7-17(9)8-4-6-16-10(18)12(13,14)15/h9,19H,3-8H2,1-2H3,(H,16,18). The number of likely N-dealkylation sites (tertiary alicyclic amines) is 1. The summed E-state index contributed by atoms with van der Waals surface area (Å²) in [6.45, 7) is 4.88. The van der Waals surface area contributed by atoms with Crippen molar-refractivity contribution >= 4 is 5.91 Å². The van der Waals surface area contributed by atoms with Crippen molar-refractivity contribution in [3.05, 3.63) is 0 Å². The number of rotatable bonds is 5. The predicted octanol–water partition coefficient (Wildman–Crippen LogP) is 1.29. The number of carbonyl (C=O) groups excluding carboxylic acids is 1. The van der Waals surface area contributed by atoms with E-state index in [2.05, 4.69) is 4.90 Å². The number of nitrogens with zero attached hydrogens (tertiary/aromatic N) is 1. The Hall–Kier alpha value is -0.820. The number of aliphatic hydroxyl groups is 1. The number of halogens is 3. The Morgan fingerprint density at radius 3 is 2.58 bits per heavy atom. The minimum absolute atomic E-state index is 0.00653. The molecule has 112 valence electrons. The van der Waals surface area contributed by atoms with Gasteiger partial charge in [-0.1, -0.05) is 0 Å². The molecule has 0 spiro atoms. The molecule has 0 aromatic heterocycles. The van der Waals surface area contributed by atoms with Gasteiger partial charge in [0.1, 0.15) is 0 Å². The third-order valence-corrected chi connectivity index (χ3v) is 3.34. The van der Waals surface area contributed by atoms with Crippen molar-refractivity contribution < 1.29 is 23.1 Å². The summed E-state index contributed by atoms with van der Waals surface area (Å²) >= 11 is 0. The number of carbonyl (C=O) groups is 1. The van der Waals surface area contributed by atoms with Gasteiger partial charge in [-0.15, -0.1) is 0 Å². The molecule has 0 saturated carbocycles. The van der Waals surface area contributed by atoms with E-state index in [-0.39, 0.29) is 12.6 Å². The van der Waals surface area contributed by atoms with E-state index in [0.29, 0.717) is 13.0 Å². The van der Waals surface area contributed by atoms with Gasteiger partial charge in [-0.25, -0.2) is 0 Å². The quantitative estimate of drug-likeness (QED) is 0.747. The Bertz CT molecular complexity index is 313. The van der Waals surface area contributed by atoms with Crippen LogP contribution < -0.4 is 5.32 Å². The van der Waals surface area contributed by atoms with Crippen LogP contribution in [0.4, 0.5) is 13.2 Å². The Balaban J connectivity index is 2.28. The van der Waals surface area contributed by atoms with Crippen LogP contribution in [0.15, 0.2) is 0 Å². The molecule has 2 N–H and O–H groups in total. The maximum atomic E-state index is 11.9. The molecule has 19 heavy (non-hydrogen) atoms. The van der Waals surface area contributed by atoms with E-state index in [1.807, 2.05) is 5.32 Å². The zero-order valence-corrected chi connectivity index (χ0v) is 11.3. The van der Waals surface area contributed by atoms with E-state index in [9.17, 15) is 23.1 Å². The van der Waals surface area contributed by atoms with Crippen LogP contribution in [-0.2, 0) is 4.79 Å². The molecular weight excluding hydrogens is 261 g/mol. The number of amides is 1. The fourth-order valence-electron chi connectivity index (χ4n) is 2.48. The molecule has 1 heterocycles. The summed E-state index contributed by atoms with van der Waals surface area (Å²) in [6.07, 6.45) is -2.51. The lowest BCUT2D eigenvalue weighted by molar-refractivity contribution is -0.173. The predicted molar refractivity (Wildman–Crippen MR) is 64.6 cm³/mol. The van der Waals surface area contributed by atoms with E-state index in [0.717, 1.165) is 19.4 Å². The van der Waals surface area contributed by atoms with Crippen molar-refractivity contribution in [2.75, 3.05) is 19.6 Å². The second kappa shape index (κ2) is 6.09. The summed E-state index contributed by atoms with van der Waals surface area (Å²) in [5, 5.41) is 11.8. The monoisotopic (exact) mass is 282 g/mol. The molecule has 0 radical (unpaired) electrons. The third kappa shape index (κ3) is 4.99. The Labute approximate surface area is 111 Å². The van der Waals surface area contributed by atoms with Crippen LogP contribution >= 0.6 is 0 Å². The van der Waals surface area contributed by atoms with Crippen molar-refractivity contribution in [1.29, 1.82) is 0 Å². The van der Waals surface area contributed by atoms with E-state index < -0.39 is 17.7 Å². The SMILES string of the molecule is CC(C)(O)C1CCCN1CCCNC(=O)C(F)(F)F. The molecule has 1 saturated heterocycles. The van der Waals surface area contributed by atoms with Crippen molar-refractivity contribution in [1.82, 2.24) is 10.2 Å². The first-order valence-electron chi connectivity index (χ1n) is 6.44. The van der Waals surface area contributed by atoms with E-state index in [4.69, 9.17) is 0 Å². The summed E-state index contributed by atoms with van der Waals surface area (Å²) in [6, 6.07) is 0.0332. The van der Waals surface area contributed by atoms with Crippen molar-refractivity contribution in [2.45, 2.75) is 50.9 Å². The molecule has 7 heteroatoms. The molecular formula is C12H21F3N2O2. The number of nitrogens with one attached hydrogen (secondary N) is 1. The first kappa shape index (κ1) is 16.2. The molecule has 0 aromatic carbocycles. The second-order valence-electron chi connectivity index (χ2n) is 5.45. The molecule has 1 fully saturated rings. The average molecular weight is 282 g/mol. The minimum Gasteiger partial charge on any atom is -0.389 e. The maximum absolute atomic E-state index is 11.9. The Morgan fingerprint density at radius 1 is 1.42 bits per heavy atom. The van der Waals surface area contributed by atoms with Gasteiger partial charge in [0.25, 0.3) is 0 Å². The van der Waals surface area contributed by atoms with Gasteiger partial charge in [0, 0.05) is 19.1 Å². The Morgan fingerprint density at radius 2 is 2.05 bits per heavy atom. The highest BCUT2D eigenvalue weighted by atomic mass is 19.4. The summed E-state index contributed by atoms with van der Waals surface area (Å²) in [4.78, 5) is 12.7. The molecule has 1 unspecified atom stereocenters. The summed E-state index contributed by atoms with van der Waals surface area (Å²) in [5.41, 5.74) is -0.814. The average Bonchev–Trinajstić information content (AvgIpc) is 2.70. The van der Waals surface area contributed by atoms with Gasteiger partial charge in [-0.2, -0.15) is 13.2 Å². The molecule has 0 aliphatic carbocycles. The molecule has 1 aliphatic rings. The first-order chi connectivity index (χ1) is 8.62. The number of hydrogen-bond acceptors (Lipinski definition) is 3. The van der Waals surface area contributed by atoms with Crippen LogP contribution in [-0.4, -0.2) is 53.4 Å². The minimum atomic E-state index is -4.82. The van der Waals surface area contributed by atoms with Gasteiger partial charge in [0.05, 0.1) is 5.60 Å². The lowest BCUT2D eigenvalue weighted by Gasteiger charge is -2.33. The van der Waals surface area contributed by atoms with Gasteiger partial charge in [0.15, 0.2) is 0 Å². The van der Waals surface area contributed by atoms with Gasteiger partial charge in [-0.3, -0.25) is 9.69 Å². The lowest BCUT2D eigenvalue weighted by atomic mass is 9.96. The van der Waals surface area contributed by atoms with Gasteiger partial charge in [0.2, 0.25) is 0 Å². The molecule has 1 amide bonds. The summed E-state index contributed by atoms with van der Waals surface area (Å²) < 4.78 is 35.8. The smallest absolute Gasteiger partial charge is 0.389 e. The highest BCUT2D eigenvalue weighted by Crippen LogP contribution is 2.26. The first-order valence-corrected chi connectivity index (χ1v) is 6.44. The second-order valence-corrected chi connectivity index (χ2v) is 5.45. The third-order valence-electron chi connectivity index (χ3n) is 3.34. The molecule has 1 atom stereocenters. The van der Waals surface area contributed by atoms with Crippen LogP contribution in [0.5, 0.6) is 0 Å². The Kier molecular flexibility index (Phi) is 5.20. The van der Waals surface area contributed by atoms with Gasteiger partial charge in [-0.05, 0) is 39.7 Å². The van der Waals surface area contributed by atoms with Crippen molar-refractivity contribution in [2.24, 2.45) is 0 Å². The van der Waals surface area contributed by atoms with Crippen LogP contribution in [0.2, 0.25) is 0 Å². The molecule has 1 rings (SSSR count). The highest BCUT2D eigenvalue weighted by molar-refractivity contribution is 5.81. The van der Waals surface area contributed by atoms with Crippen LogP contribution in [0.25, 0.3) is 0 Å². The van der Waals surface area contributed by atoms with Gasteiger partial charge >= 0.3 is 12.1 Å². The van der Waals surface area contributed by atoms with Crippen LogP contribution in [0.1, 0.15) is 33.1 Å². The normalized spacial score (nSPS) is 21.7. The van der Waals surface area contributed by atoms with Crippen molar-refractivity contribution in [3.8, 4) is 0 Å². The van der Waals surface area contributed by atoms with Crippen molar-refractivity contribution in [3.63, 3.8) is 0 Å². The molecule has 4 nitrogen and oxygen atoms in total. The number of hydrogen-bond donors (Lipinski definition) is 2. The molecule has 1 aliphatic heterocycles. The highest BCUT2D eigenvalue weighted by Gasteiger charge is 2.38. The maximum Gasteiger partial charge on any atom is 0.471 e. The largest absolute Gasteiger partial charge is 0.471 e. The van der Waals surface area contributed by atoms with E-state index >= 15 is 0 Å².